The lowest BCUT2D eigenvalue weighted by molar-refractivity contribution is 0.178. The Morgan fingerprint density at radius 3 is 2.78 bits per heavy atom. The Bertz CT molecular complexity index is 402. The molecule has 1 fully saturated rings. The molecular weight excluding hydrogens is 290 g/mol. The highest BCUT2D eigenvalue weighted by Crippen LogP contribution is 2.31. The zero-order chi connectivity index (χ0) is 13.0. The molecule has 0 aliphatic heterocycles. The predicted octanol–water partition coefficient (Wildman–Crippen LogP) is 4.05. The summed E-state index contributed by atoms with van der Waals surface area (Å²) in [6.45, 7) is 6.97. The maximum absolute atomic E-state index is 6.06. The van der Waals surface area contributed by atoms with Gasteiger partial charge in [0.15, 0.2) is 0 Å². The van der Waals surface area contributed by atoms with Crippen LogP contribution in [0.2, 0.25) is 0 Å². The summed E-state index contributed by atoms with van der Waals surface area (Å²) in [5.74, 6) is 1.85. The third-order valence-corrected chi connectivity index (χ3v) is 4.03. The lowest BCUT2D eigenvalue weighted by Gasteiger charge is -2.26. The van der Waals surface area contributed by atoms with Crippen LogP contribution in [0.25, 0.3) is 0 Å². The number of rotatable bonds is 6. The smallest absolute Gasteiger partial charge is 0.126 e. The number of halogens is 1. The average Bonchev–Trinajstić information content (AvgIpc) is 2.26. The maximum Gasteiger partial charge on any atom is 0.126 e. The van der Waals surface area contributed by atoms with Crippen molar-refractivity contribution in [2.24, 2.45) is 5.92 Å². The summed E-state index contributed by atoms with van der Waals surface area (Å²) in [5, 5.41) is 3.37. The van der Waals surface area contributed by atoms with Crippen LogP contribution >= 0.6 is 15.9 Å². The Hall–Kier alpha value is -0.540. The minimum atomic E-state index is 0.778. The molecule has 1 aliphatic carbocycles. The van der Waals surface area contributed by atoms with E-state index in [2.05, 4.69) is 47.2 Å². The summed E-state index contributed by atoms with van der Waals surface area (Å²) in [7, 11) is 0. The van der Waals surface area contributed by atoms with Crippen molar-refractivity contribution >= 4 is 15.9 Å². The average molecular weight is 312 g/mol. The number of aryl methyl sites for hydroxylation is 1. The van der Waals surface area contributed by atoms with E-state index in [1.165, 1.54) is 30.4 Å². The summed E-state index contributed by atoms with van der Waals surface area (Å²) in [6, 6.07) is 4.29. The van der Waals surface area contributed by atoms with Crippen molar-refractivity contribution in [1.29, 1.82) is 0 Å². The molecule has 100 valence electrons. The quantitative estimate of drug-likeness (QED) is 0.856. The van der Waals surface area contributed by atoms with Gasteiger partial charge in [-0.05, 0) is 49.9 Å². The third-order valence-electron chi connectivity index (χ3n) is 3.57. The highest BCUT2D eigenvalue weighted by atomic mass is 79.9. The molecule has 0 radical (unpaired) electrons. The van der Waals surface area contributed by atoms with Gasteiger partial charge in [-0.2, -0.15) is 0 Å². The first-order valence-corrected chi connectivity index (χ1v) is 7.62. The second-order valence-electron chi connectivity index (χ2n) is 5.10. The van der Waals surface area contributed by atoms with Gasteiger partial charge in [-0.25, -0.2) is 0 Å². The zero-order valence-electron chi connectivity index (χ0n) is 11.3. The van der Waals surface area contributed by atoms with Crippen molar-refractivity contribution in [2.45, 2.75) is 39.7 Å². The fourth-order valence-corrected chi connectivity index (χ4v) is 2.88. The molecule has 1 aromatic rings. The monoisotopic (exact) mass is 311 g/mol. The maximum atomic E-state index is 6.06. The van der Waals surface area contributed by atoms with Crippen LogP contribution in [0.15, 0.2) is 16.6 Å². The highest BCUT2D eigenvalue weighted by Gasteiger charge is 2.19. The number of benzene rings is 1. The highest BCUT2D eigenvalue weighted by molar-refractivity contribution is 9.10. The molecule has 18 heavy (non-hydrogen) atoms. The van der Waals surface area contributed by atoms with Gasteiger partial charge in [-0.3, -0.25) is 0 Å². The predicted molar refractivity (Wildman–Crippen MR) is 79.1 cm³/mol. The van der Waals surface area contributed by atoms with E-state index in [0.717, 1.165) is 35.8 Å². The van der Waals surface area contributed by atoms with E-state index in [1.54, 1.807) is 0 Å². The Morgan fingerprint density at radius 2 is 2.17 bits per heavy atom. The molecule has 2 nitrogen and oxygen atoms in total. The first kappa shape index (κ1) is 13.9. The molecule has 0 heterocycles. The molecule has 0 amide bonds. The molecule has 1 saturated carbocycles. The van der Waals surface area contributed by atoms with Crippen LogP contribution in [0.3, 0.4) is 0 Å². The molecule has 0 bridgehead atoms. The second kappa shape index (κ2) is 6.58. The lowest BCUT2D eigenvalue weighted by Crippen LogP contribution is -2.21. The van der Waals surface area contributed by atoms with Crippen LogP contribution in [0.5, 0.6) is 5.75 Å². The first-order valence-electron chi connectivity index (χ1n) is 6.83. The Labute approximate surface area is 118 Å². The summed E-state index contributed by atoms with van der Waals surface area (Å²) < 4.78 is 7.19. The van der Waals surface area contributed by atoms with Gasteiger partial charge in [0.05, 0.1) is 6.61 Å². The van der Waals surface area contributed by atoms with Gasteiger partial charge in [-0.15, -0.1) is 0 Å². The van der Waals surface area contributed by atoms with E-state index in [1.807, 2.05) is 0 Å². The number of hydrogen-bond acceptors (Lipinski definition) is 2. The van der Waals surface area contributed by atoms with Crippen LogP contribution in [0, 0.1) is 12.8 Å². The molecule has 0 saturated heterocycles. The van der Waals surface area contributed by atoms with E-state index in [0.29, 0.717) is 0 Å². The lowest BCUT2D eigenvalue weighted by atomic mass is 9.86. The van der Waals surface area contributed by atoms with Crippen molar-refractivity contribution in [3.8, 4) is 5.75 Å². The molecule has 1 aromatic carbocycles. The van der Waals surface area contributed by atoms with Crippen LogP contribution < -0.4 is 10.1 Å². The number of nitrogens with one attached hydrogen (secondary N) is 1. The van der Waals surface area contributed by atoms with Gasteiger partial charge < -0.3 is 10.1 Å². The molecule has 3 heteroatoms. The fourth-order valence-electron chi connectivity index (χ4n) is 2.26. The van der Waals surface area contributed by atoms with Crippen LogP contribution in [-0.2, 0) is 6.54 Å². The van der Waals surface area contributed by atoms with Gasteiger partial charge >= 0.3 is 0 Å². The summed E-state index contributed by atoms with van der Waals surface area (Å²) in [5.41, 5.74) is 2.47. The largest absolute Gasteiger partial charge is 0.493 e. The van der Waals surface area contributed by atoms with Crippen molar-refractivity contribution in [1.82, 2.24) is 5.32 Å². The van der Waals surface area contributed by atoms with E-state index in [4.69, 9.17) is 4.74 Å². The van der Waals surface area contributed by atoms with Crippen molar-refractivity contribution in [2.75, 3.05) is 13.2 Å². The van der Waals surface area contributed by atoms with Crippen LogP contribution in [0.4, 0.5) is 0 Å². The Kier molecular flexibility index (Phi) is 5.07. The van der Waals surface area contributed by atoms with Crippen molar-refractivity contribution in [3.05, 3.63) is 27.7 Å². The van der Waals surface area contributed by atoms with Gasteiger partial charge in [0.2, 0.25) is 0 Å². The Balaban J connectivity index is 2.08. The molecule has 0 unspecified atom stereocenters. The Morgan fingerprint density at radius 1 is 1.39 bits per heavy atom. The van der Waals surface area contributed by atoms with Gasteiger partial charge in [0.25, 0.3) is 0 Å². The molecular formula is C15H22BrNO. The van der Waals surface area contributed by atoms with Crippen molar-refractivity contribution in [3.63, 3.8) is 0 Å². The van der Waals surface area contributed by atoms with Crippen LogP contribution in [0.1, 0.15) is 37.3 Å². The molecule has 0 aromatic heterocycles. The van der Waals surface area contributed by atoms with E-state index < -0.39 is 0 Å². The minimum absolute atomic E-state index is 0.778. The summed E-state index contributed by atoms with van der Waals surface area (Å²) in [6.07, 6.45) is 4.04. The molecule has 1 N–H and O–H groups in total. The number of hydrogen-bond donors (Lipinski definition) is 1. The van der Waals surface area contributed by atoms with E-state index >= 15 is 0 Å². The molecule has 2 rings (SSSR count). The van der Waals surface area contributed by atoms with Crippen molar-refractivity contribution < 1.29 is 4.74 Å². The molecule has 0 atom stereocenters. The summed E-state index contributed by atoms with van der Waals surface area (Å²) >= 11 is 3.56. The zero-order valence-corrected chi connectivity index (χ0v) is 12.8. The molecule has 1 aliphatic rings. The summed E-state index contributed by atoms with van der Waals surface area (Å²) in [4.78, 5) is 0. The molecule has 0 spiro atoms. The minimum Gasteiger partial charge on any atom is -0.493 e. The van der Waals surface area contributed by atoms with E-state index in [-0.39, 0.29) is 0 Å². The van der Waals surface area contributed by atoms with Gasteiger partial charge in [0.1, 0.15) is 5.75 Å². The van der Waals surface area contributed by atoms with E-state index in [9.17, 15) is 0 Å². The first-order chi connectivity index (χ1) is 8.70. The van der Waals surface area contributed by atoms with Crippen LogP contribution in [-0.4, -0.2) is 13.2 Å². The van der Waals surface area contributed by atoms with Gasteiger partial charge in [0, 0.05) is 16.6 Å². The van der Waals surface area contributed by atoms with Gasteiger partial charge in [-0.1, -0.05) is 29.3 Å². The third kappa shape index (κ3) is 3.48. The second-order valence-corrected chi connectivity index (χ2v) is 6.01. The topological polar surface area (TPSA) is 21.3 Å². The normalized spacial score (nSPS) is 15.5. The standard InChI is InChI=1S/C15H22BrNO/c1-3-17-9-13-8-14(16)7-11(2)15(13)18-10-12-5-4-6-12/h7-8,12,17H,3-6,9-10H2,1-2H3. The fraction of sp³-hybridized carbons (Fsp3) is 0.600. The SMILES string of the molecule is CCNCc1cc(Br)cc(C)c1OCC1CCC1. The number of ether oxygens (including phenoxy) is 1.